The molecule has 3 unspecified atom stereocenters. The minimum absolute atomic E-state index is 0.0613. The molecule has 64 heavy (non-hydrogen) atoms. The van der Waals surface area contributed by atoms with Crippen molar-refractivity contribution >= 4 is 13.7 Å². The molecule has 0 aromatic heterocycles. The number of carbonyl (C=O) groups excluding carboxylic acids is 1. The standard InChI is InChI=1S/C55H91N2O6P/c1-6-8-10-11-12-13-14-15-16-17-18-19-20-21-22-23-24-25-26-27-28-29-30-31-32-33-34-35-36-37-38-39-40-41-42-43-44-45-47-49-55(59)56-53(54(58)48-46-9-7-2)52-63-64(60,61)62-51-50-57(3,4)5/h8,10,12-13,15-16,18-19,21-22,24-25,27-28,30-31,33-34,36-37,39-40,53-54,58H,6-7,9,11,14,17,20,23,26,29,32,35,38,41-52H2,1-5H3,(H-,56,59,60,61)/p+1/b10-8-,13-12-,16-15-,19-18-,22-21-,25-24-,28-27-,31-30-,34-33-,37-36-,40-39-. The van der Waals surface area contributed by atoms with E-state index in [-0.39, 0.29) is 19.1 Å². The first-order chi connectivity index (χ1) is 31.0. The Bertz CT molecular complexity index is 1490. The predicted molar refractivity (Wildman–Crippen MR) is 276 cm³/mol. The zero-order valence-corrected chi connectivity index (χ0v) is 41.9. The van der Waals surface area contributed by atoms with Gasteiger partial charge in [-0.1, -0.05) is 186 Å². The number of carbonyl (C=O) groups is 1. The molecule has 362 valence electrons. The quantitative estimate of drug-likeness (QED) is 0.0244. The van der Waals surface area contributed by atoms with E-state index in [2.05, 4.69) is 153 Å². The van der Waals surface area contributed by atoms with Crippen molar-refractivity contribution in [2.45, 2.75) is 167 Å². The lowest BCUT2D eigenvalue weighted by Crippen LogP contribution is -2.46. The molecule has 0 radical (unpaired) electrons. The molecule has 9 heteroatoms. The summed E-state index contributed by atoms with van der Waals surface area (Å²) >= 11 is 0. The van der Waals surface area contributed by atoms with Crippen LogP contribution in [-0.2, 0) is 18.4 Å². The van der Waals surface area contributed by atoms with Crippen LogP contribution in [0, 0.1) is 0 Å². The Kier molecular flexibility index (Phi) is 42.5. The largest absolute Gasteiger partial charge is 0.472 e. The Labute approximate surface area is 392 Å². The van der Waals surface area contributed by atoms with E-state index in [0.717, 1.165) is 128 Å². The van der Waals surface area contributed by atoms with Gasteiger partial charge in [0.05, 0.1) is 39.9 Å². The van der Waals surface area contributed by atoms with Crippen molar-refractivity contribution in [3.05, 3.63) is 134 Å². The zero-order chi connectivity index (χ0) is 47.1. The van der Waals surface area contributed by atoms with Crippen LogP contribution in [0.4, 0.5) is 0 Å². The second-order valence-corrected chi connectivity index (χ2v) is 18.6. The number of phosphoric acid groups is 1. The number of allylic oxidation sites excluding steroid dienone is 22. The minimum atomic E-state index is -4.31. The first-order valence-corrected chi connectivity index (χ1v) is 26.0. The van der Waals surface area contributed by atoms with Crippen LogP contribution in [0.1, 0.15) is 155 Å². The van der Waals surface area contributed by atoms with Crippen LogP contribution in [0.15, 0.2) is 134 Å². The molecule has 0 aliphatic carbocycles. The molecular formula is C55H92N2O6P+. The molecule has 1 amide bonds. The molecular weight excluding hydrogens is 816 g/mol. The highest BCUT2D eigenvalue weighted by atomic mass is 31.2. The Morgan fingerprint density at radius 2 is 0.938 bits per heavy atom. The molecule has 0 aromatic rings. The van der Waals surface area contributed by atoms with E-state index in [1.807, 2.05) is 21.1 Å². The van der Waals surface area contributed by atoms with Crippen molar-refractivity contribution < 1.29 is 32.9 Å². The number of aliphatic hydroxyl groups excluding tert-OH is 1. The number of quaternary nitrogens is 1. The van der Waals surface area contributed by atoms with Gasteiger partial charge in [0.25, 0.3) is 0 Å². The third-order valence-corrected chi connectivity index (χ3v) is 10.9. The van der Waals surface area contributed by atoms with Gasteiger partial charge in [0.15, 0.2) is 0 Å². The number of phosphoric ester groups is 1. The summed E-state index contributed by atoms with van der Waals surface area (Å²) in [5.74, 6) is -0.183. The third kappa shape index (κ3) is 46.6. The maximum atomic E-state index is 12.7. The fourth-order valence-electron chi connectivity index (χ4n) is 6.05. The second-order valence-electron chi connectivity index (χ2n) is 17.1. The Morgan fingerprint density at radius 1 is 0.547 bits per heavy atom. The van der Waals surface area contributed by atoms with E-state index >= 15 is 0 Å². The minimum Gasteiger partial charge on any atom is -0.391 e. The molecule has 0 heterocycles. The SMILES string of the molecule is CC/C=C\C/C=C\C/C=C\C/C=C\C/C=C\C/C=C\C/C=C\C/C=C\C/C=C\C/C=C\C/C=C\CCCCCCCC(=O)NC(COP(=O)(O)OCC[N+](C)(C)C)C(O)CCCCC. The Balaban J connectivity index is 3.96. The van der Waals surface area contributed by atoms with E-state index in [1.165, 1.54) is 0 Å². The number of nitrogens with zero attached hydrogens (tertiary/aromatic N) is 1. The van der Waals surface area contributed by atoms with Gasteiger partial charge in [-0.2, -0.15) is 0 Å². The van der Waals surface area contributed by atoms with Crippen LogP contribution < -0.4 is 5.32 Å². The first kappa shape index (κ1) is 60.6. The normalized spacial score (nSPS) is 15.3. The highest BCUT2D eigenvalue weighted by molar-refractivity contribution is 7.47. The van der Waals surface area contributed by atoms with E-state index < -0.39 is 20.0 Å². The van der Waals surface area contributed by atoms with Gasteiger partial charge in [-0.05, 0) is 96.3 Å². The molecule has 8 nitrogen and oxygen atoms in total. The number of amides is 1. The van der Waals surface area contributed by atoms with Crippen molar-refractivity contribution in [2.24, 2.45) is 0 Å². The lowest BCUT2D eigenvalue weighted by atomic mass is 10.0. The Morgan fingerprint density at radius 3 is 1.34 bits per heavy atom. The summed E-state index contributed by atoms with van der Waals surface area (Å²) in [6.45, 7) is 4.55. The predicted octanol–water partition coefficient (Wildman–Crippen LogP) is 14.4. The monoisotopic (exact) mass is 908 g/mol. The molecule has 0 saturated carbocycles. The third-order valence-electron chi connectivity index (χ3n) is 9.91. The highest BCUT2D eigenvalue weighted by Gasteiger charge is 2.28. The van der Waals surface area contributed by atoms with Gasteiger partial charge in [-0.25, -0.2) is 4.57 Å². The number of hydrogen-bond donors (Lipinski definition) is 3. The van der Waals surface area contributed by atoms with Gasteiger partial charge in [-0.15, -0.1) is 0 Å². The van der Waals surface area contributed by atoms with Gasteiger partial charge in [0.2, 0.25) is 5.91 Å². The van der Waals surface area contributed by atoms with Crippen LogP contribution in [0.5, 0.6) is 0 Å². The van der Waals surface area contributed by atoms with Crippen LogP contribution in [0.2, 0.25) is 0 Å². The molecule has 0 saturated heterocycles. The summed E-state index contributed by atoms with van der Waals surface area (Å²) in [5.41, 5.74) is 0. The maximum absolute atomic E-state index is 12.7. The molecule has 3 N–H and O–H groups in total. The van der Waals surface area contributed by atoms with E-state index in [0.29, 0.717) is 23.9 Å². The van der Waals surface area contributed by atoms with E-state index in [9.17, 15) is 19.4 Å². The Hall–Kier alpha value is -3.36. The molecule has 3 atom stereocenters. The van der Waals surface area contributed by atoms with Gasteiger partial charge in [-0.3, -0.25) is 13.8 Å². The lowest BCUT2D eigenvalue weighted by Gasteiger charge is -2.26. The average Bonchev–Trinajstić information content (AvgIpc) is 3.25. The number of unbranched alkanes of at least 4 members (excludes halogenated alkanes) is 7. The van der Waals surface area contributed by atoms with Crippen molar-refractivity contribution in [2.75, 3.05) is 40.9 Å². The first-order valence-electron chi connectivity index (χ1n) is 24.5. The van der Waals surface area contributed by atoms with Crippen molar-refractivity contribution in [1.29, 1.82) is 0 Å². The van der Waals surface area contributed by atoms with Gasteiger partial charge in [0.1, 0.15) is 13.2 Å². The summed E-state index contributed by atoms with van der Waals surface area (Å²) in [6.07, 6.45) is 68.8. The van der Waals surface area contributed by atoms with Crippen LogP contribution in [0.25, 0.3) is 0 Å². The van der Waals surface area contributed by atoms with Crippen LogP contribution in [-0.4, -0.2) is 73.4 Å². The van der Waals surface area contributed by atoms with Crippen LogP contribution >= 0.6 is 7.82 Å². The molecule has 0 spiro atoms. The smallest absolute Gasteiger partial charge is 0.391 e. The molecule has 0 rings (SSSR count). The average molecular weight is 908 g/mol. The van der Waals surface area contributed by atoms with Crippen molar-refractivity contribution in [3.8, 4) is 0 Å². The van der Waals surface area contributed by atoms with Gasteiger partial charge >= 0.3 is 7.82 Å². The second kappa shape index (κ2) is 44.8. The molecule has 0 aliphatic heterocycles. The topological polar surface area (TPSA) is 105 Å². The number of likely N-dealkylation sites (N-methyl/N-ethyl adjacent to an activating group) is 1. The molecule has 0 fully saturated rings. The molecule has 0 bridgehead atoms. The molecule has 0 aromatic carbocycles. The fraction of sp³-hybridized carbons (Fsp3) is 0.582. The summed E-state index contributed by atoms with van der Waals surface area (Å²) in [4.78, 5) is 22.8. The number of hydrogen-bond acceptors (Lipinski definition) is 5. The number of aliphatic hydroxyl groups is 1. The van der Waals surface area contributed by atoms with E-state index in [4.69, 9.17) is 9.05 Å². The summed E-state index contributed by atoms with van der Waals surface area (Å²) in [5, 5.41) is 13.6. The summed E-state index contributed by atoms with van der Waals surface area (Å²) in [6, 6.07) is -0.776. The summed E-state index contributed by atoms with van der Waals surface area (Å²) in [7, 11) is 1.57. The zero-order valence-electron chi connectivity index (χ0n) is 41.0. The van der Waals surface area contributed by atoms with Crippen LogP contribution in [0.3, 0.4) is 0 Å². The van der Waals surface area contributed by atoms with Crippen molar-refractivity contribution in [3.63, 3.8) is 0 Å². The van der Waals surface area contributed by atoms with Gasteiger partial charge < -0.3 is 19.8 Å². The number of nitrogens with one attached hydrogen (secondary N) is 1. The maximum Gasteiger partial charge on any atom is 0.472 e. The van der Waals surface area contributed by atoms with Crippen molar-refractivity contribution in [1.82, 2.24) is 5.32 Å². The van der Waals surface area contributed by atoms with Gasteiger partial charge in [0, 0.05) is 6.42 Å². The number of rotatable bonds is 42. The lowest BCUT2D eigenvalue weighted by molar-refractivity contribution is -0.870. The fourth-order valence-corrected chi connectivity index (χ4v) is 6.78. The van der Waals surface area contributed by atoms with E-state index in [1.54, 1.807) is 0 Å². The molecule has 0 aliphatic rings. The highest BCUT2D eigenvalue weighted by Crippen LogP contribution is 2.43. The summed E-state index contributed by atoms with van der Waals surface area (Å²) < 4.78 is 23.3.